The first-order valence-corrected chi connectivity index (χ1v) is 4.25. The average molecular weight is 168 g/mol. The van der Waals surface area contributed by atoms with Crippen LogP contribution >= 0.6 is 0 Å². The summed E-state index contributed by atoms with van der Waals surface area (Å²) >= 11 is 0. The van der Waals surface area contributed by atoms with Crippen molar-refractivity contribution in [1.82, 2.24) is 9.55 Å². The predicted octanol–water partition coefficient (Wildman–Crippen LogP) is 1.22. The summed E-state index contributed by atoms with van der Waals surface area (Å²) in [6.45, 7) is 6.26. The van der Waals surface area contributed by atoms with Gasteiger partial charge < -0.3 is 9.67 Å². The summed E-state index contributed by atoms with van der Waals surface area (Å²) in [5, 5.41) is 9.56. The van der Waals surface area contributed by atoms with E-state index in [2.05, 4.69) is 11.9 Å². The van der Waals surface area contributed by atoms with Crippen LogP contribution in [-0.4, -0.2) is 20.3 Å². The Morgan fingerprint density at radius 1 is 1.58 bits per heavy atom. The third kappa shape index (κ3) is 2.34. The maximum atomic E-state index is 9.56. The highest BCUT2D eigenvalue weighted by Gasteiger charge is 2.14. The van der Waals surface area contributed by atoms with Gasteiger partial charge in [0.1, 0.15) is 5.82 Å². The number of aryl methyl sites for hydroxylation is 1. The number of rotatable bonds is 3. The number of imidazole rings is 1. The van der Waals surface area contributed by atoms with Crippen molar-refractivity contribution < 1.29 is 5.11 Å². The Balaban J connectivity index is 2.75. The quantitative estimate of drug-likeness (QED) is 0.736. The van der Waals surface area contributed by atoms with Crippen LogP contribution in [0.25, 0.3) is 0 Å². The Bertz CT molecular complexity index is 247. The fraction of sp³-hybridized carbons (Fsp3) is 0.667. The van der Waals surface area contributed by atoms with Crippen LogP contribution < -0.4 is 0 Å². The van der Waals surface area contributed by atoms with Gasteiger partial charge in [0, 0.05) is 18.8 Å². The van der Waals surface area contributed by atoms with Crippen LogP contribution in [0.2, 0.25) is 0 Å². The van der Waals surface area contributed by atoms with Crippen molar-refractivity contribution in [3.8, 4) is 0 Å². The number of aliphatic hydroxyl groups is 1. The number of aromatic nitrogens is 2. The highest BCUT2D eigenvalue weighted by molar-refractivity contribution is 4.93. The van der Waals surface area contributed by atoms with Crippen molar-refractivity contribution in [3.05, 3.63) is 18.2 Å². The molecule has 1 heterocycles. The second-order valence-corrected chi connectivity index (χ2v) is 3.64. The second-order valence-electron chi connectivity index (χ2n) is 3.64. The zero-order valence-electron chi connectivity index (χ0n) is 7.91. The molecule has 3 heteroatoms. The minimum Gasteiger partial charge on any atom is -0.389 e. The average Bonchev–Trinajstić information content (AvgIpc) is 2.31. The molecule has 0 spiro atoms. The molecule has 0 amide bonds. The van der Waals surface area contributed by atoms with Gasteiger partial charge in [-0.3, -0.25) is 0 Å². The largest absolute Gasteiger partial charge is 0.389 e. The molecule has 0 aromatic carbocycles. The van der Waals surface area contributed by atoms with E-state index in [0.717, 1.165) is 12.2 Å². The second kappa shape index (κ2) is 3.27. The summed E-state index contributed by atoms with van der Waals surface area (Å²) < 4.78 is 1.99. The van der Waals surface area contributed by atoms with Gasteiger partial charge in [0.2, 0.25) is 0 Å². The van der Waals surface area contributed by atoms with Crippen LogP contribution in [-0.2, 0) is 13.0 Å². The van der Waals surface area contributed by atoms with Crippen molar-refractivity contribution in [1.29, 1.82) is 0 Å². The Kier molecular flexibility index (Phi) is 2.52. The maximum Gasteiger partial charge on any atom is 0.108 e. The van der Waals surface area contributed by atoms with E-state index in [1.807, 2.05) is 10.8 Å². The van der Waals surface area contributed by atoms with Crippen molar-refractivity contribution in [2.24, 2.45) is 0 Å². The molecular weight excluding hydrogens is 152 g/mol. The van der Waals surface area contributed by atoms with Gasteiger partial charge in [-0.25, -0.2) is 4.98 Å². The molecule has 0 aliphatic carbocycles. The standard InChI is InChI=1S/C9H16N2O/c1-4-8-10-5-6-11(8)7-9(2,3)12/h5-6,12H,4,7H2,1-3H3. The first kappa shape index (κ1) is 9.26. The Hall–Kier alpha value is -0.830. The first-order valence-electron chi connectivity index (χ1n) is 4.25. The fourth-order valence-electron chi connectivity index (χ4n) is 1.22. The molecule has 0 fully saturated rings. The van der Waals surface area contributed by atoms with Gasteiger partial charge >= 0.3 is 0 Å². The topological polar surface area (TPSA) is 38.0 Å². The molecule has 0 saturated heterocycles. The van der Waals surface area contributed by atoms with E-state index in [9.17, 15) is 5.11 Å². The third-order valence-electron chi connectivity index (χ3n) is 1.68. The zero-order valence-corrected chi connectivity index (χ0v) is 7.91. The lowest BCUT2D eigenvalue weighted by Crippen LogP contribution is -2.26. The van der Waals surface area contributed by atoms with Gasteiger partial charge in [0.05, 0.1) is 12.1 Å². The molecule has 0 bridgehead atoms. The van der Waals surface area contributed by atoms with Crippen molar-refractivity contribution >= 4 is 0 Å². The minimum atomic E-state index is -0.662. The Morgan fingerprint density at radius 3 is 2.75 bits per heavy atom. The van der Waals surface area contributed by atoms with Gasteiger partial charge in [0.15, 0.2) is 0 Å². The van der Waals surface area contributed by atoms with E-state index in [-0.39, 0.29) is 0 Å². The zero-order chi connectivity index (χ0) is 9.19. The summed E-state index contributed by atoms with van der Waals surface area (Å²) in [6, 6.07) is 0. The summed E-state index contributed by atoms with van der Waals surface area (Å²) in [5.41, 5.74) is -0.662. The van der Waals surface area contributed by atoms with Crippen molar-refractivity contribution in [2.45, 2.75) is 39.3 Å². The van der Waals surface area contributed by atoms with Gasteiger partial charge in [-0.15, -0.1) is 0 Å². The van der Waals surface area contributed by atoms with Gasteiger partial charge in [-0.1, -0.05) is 6.92 Å². The Labute approximate surface area is 73.1 Å². The normalized spacial score (nSPS) is 12.0. The molecule has 1 aromatic rings. The van der Waals surface area contributed by atoms with Gasteiger partial charge in [-0.2, -0.15) is 0 Å². The molecule has 0 aliphatic rings. The first-order chi connectivity index (χ1) is 5.53. The number of hydrogen-bond donors (Lipinski definition) is 1. The van der Waals surface area contributed by atoms with Crippen molar-refractivity contribution in [2.75, 3.05) is 0 Å². The minimum absolute atomic E-state index is 0.607. The van der Waals surface area contributed by atoms with Crippen LogP contribution in [0.5, 0.6) is 0 Å². The van der Waals surface area contributed by atoms with Crippen LogP contribution in [0.1, 0.15) is 26.6 Å². The van der Waals surface area contributed by atoms with Gasteiger partial charge in [0.25, 0.3) is 0 Å². The summed E-state index contributed by atoms with van der Waals surface area (Å²) in [4.78, 5) is 4.17. The molecular formula is C9H16N2O. The molecule has 1 N–H and O–H groups in total. The van der Waals surface area contributed by atoms with E-state index in [4.69, 9.17) is 0 Å². The van der Waals surface area contributed by atoms with E-state index in [0.29, 0.717) is 6.54 Å². The molecule has 0 unspecified atom stereocenters. The molecule has 1 rings (SSSR count). The fourth-order valence-corrected chi connectivity index (χ4v) is 1.22. The lowest BCUT2D eigenvalue weighted by atomic mass is 10.1. The summed E-state index contributed by atoms with van der Waals surface area (Å²) in [6.07, 6.45) is 4.57. The Morgan fingerprint density at radius 2 is 2.25 bits per heavy atom. The van der Waals surface area contributed by atoms with Crippen LogP contribution in [0.15, 0.2) is 12.4 Å². The molecule has 0 atom stereocenters. The molecule has 0 radical (unpaired) electrons. The monoisotopic (exact) mass is 168 g/mol. The molecule has 0 aliphatic heterocycles. The number of nitrogens with zero attached hydrogens (tertiary/aromatic N) is 2. The van der Waals surface area contributed by atoms with Crippen LogP contribution in [0.3, 0.4) is 0 Å². The molecule has 12 heavy (non-hydrogen) atoms. The SMILES string of the molecule is CCc1nccn1CC(C)(C)O. The highest BCUT2D eigenvalue weighted by Crippen LogP contribution is 2.08. The highest BCUT2D eigenvalue weighted by atomic mass is 16.3. The van der Waals surface area contributed by atoms with Crippen LogP contribution in [0, 0.1) is 0 Å². The van der Waals surface area contributed by atoms with Gasteiger partial charge in [-0.05, 0) is 13.8 Å². The third-order valence-corrected chi connectivity index (χ3v) is 1.68. The number of hydrogen-bond acceptors (Lipinski definition) is 2. The van der Waals surface area contributed by atoms with E-state index >= 15 is 0 Å². The lowest BCUT2D eigenvalue weighted by Gasteiger charge is -2.18. The smallest absolute Gasteiger partial charge is 0.108 e. The molecule has 3 nitrogen and oxygen atoms in total. The summed E-state index contributed by atoms with van der Waals surface area (Å²) in [7, 11) is 0. The summed E-state index contributed by atoms with van der Waals surface area (Å²) in [5.74, 6) is 1.03. The van der Waals surface area contributed by atoms with Crippen molar-refractivity contribution in [3.63, 3.8) is 0 Å². The molecule has 1 aromatic heterocycles. The van der Waals surface area contributed by atoms with E-state index < -0.39 is 5.60 Å². The van der Waals surface area contributed by atoms with E-state index in [1.165, 1.54) is 0 Å². The van der Waals surface area contributed by atoms with E-state index in [1.54, 1.807) is 20.0 Å². The maximum absolute atomic E-state index is 9.56. The lowest BCUT2D eigenvalue weighted by molar-refractivity contribution is 0.0606. The molecule has 0 saturated carbocycles. The predicted molar refractivity (Wildman–Crippen MR) is 47.9 cm³/mol. The molecule has 68 valence electrons. The van der Waals surface area contributed by atoms with Crippen LogP contribution in [0.4, 0.5) is 0 Å².